The van der Waals surface area contributed by atoms with Gasteiger partial charge in [0.1, 0.15) is 34.2 Å². The number of carboxylic acid groups (broad SMARTS) is 2. The summed E-state index contributed by atoms with van der Waals surface area (Å²) in [6, 6.07) is 25.7. The van der Waals surface area contributed by atoms with Crippen molar-refractivity contribution in [3.8, 4) is 11.5 Å². The third-order valence-electron chi connectivity index (χ3n) is 12.1. The maximum Gasteiger partial charge on any atom is 0.414 e. The number of benzene rings is 4. The summed E-state index contributed by atoms with van der Waals surface area (Å²) in [5.74, 6) is 0.125. The predicted molar refractivity (Wildman–Crippen MR) is 269 cm³/mol. The topological polar surface area (TPSA) is 258 Å². The lowest BCUT2D eigenvalue weighted by Crippen LogP contribution is -2.29. The van der Waals surface area contributed by atoms with Crippen LogP contribution < -0.4 is 32.4 Å². The van der Waals surface area contributed by atoms with Gasteiger partial charge < -0.3 is 51.5 Å². The van der Waals surface area contributed by atoms with E-state index in [-0.39, 0.29) is 23.7 Å². The van der Waals surface area contributed by atoms with Gasteiger partial charge in [-0.2, -0.15) is 0 Å². The number of rotatable bonds is 22. The number of fused-ring (bicyclic) bond motifs is 2. The Kier molecular flexibility index (Phi) is 21.1. The summed E-state index contributed by atoms with van der Waals surface area (Å²) in [4.78, 5) is 45.0. The number of furan rings is 2. The maximum absolute atomic E-state index is 13.4. The molecule has 10 N–H and O–H groups in total. The van der Waals surface area contributed by atoms with Gasteiger partial charge in [-0.1, -0.05) is 67.2 Å². The van der Waals surface area contributed by atoms with Gasteiger partial charge in [0, 0.05) is 58.2 Å². The van der Waals surface area contributed by atoms with Crippen LogP contribution in [0.5, 0.6) is 11.5 Å². The van der Waals surface area contributed by atoms with Crippen LogP contribution in [0.4, 0.5) is 11.4 Å². The van der Waals surface area contributed by atoms with Gasteiger partial charge in [-0.25, -0.2) is 9.59 Å². The minimum atomic E-state index is -1.82. The smallest absolute Gasteiger partial charge is 0.414 e. The molecule has 0 aliphatic carbocycles. The third kappa shape index (κ3) is 15.2. The molecule has 0 aliphatic rings. The van der Waals surface area contributed by atoms with E-state index in [4.69, 9.17) is 61.0 Å². The lowest BCUT2D eigenvalue weighted by Gasteiger charge is -2.18. The number of aryl methyl sites for hydroxylation is 2. The first-order valence-electron chi connectivity index (χ1n) is 23.7. The van der Waals surface area contributed by atoms with Crippen LogP contribution in [0, 0.1) is 11.8 Å². The molecule has 0 bridgehead atoms. The highest BCUT2D eigenvalue weighted by molar-refractivity contribution is 6.27. The van der Waals surface area contributed by atoms with Gasteiger partial charge in [0.25, 0.3) is 0 Å². The number of aliphatic carboxylic acids is 2. The standard InChI is InChI=1S/2C26H34N2O3.C2H2O4/c2*1-4-6-7-24-25(21-16-19(27)10-13-23(21)31-24)26(29)18-8-11-20(12-9-18)30-15-14-22(28)17(3)5-2;3-1(4)2(5)6/h2*8-13,16-17,22H,4-7,14-15,27-28H2,1-3H3;(H,3,4)(H,5,6). The highest BCUT2D eigenvalue weighted by atomic mass is 16.5. The van der Waals surface area contributed by atoms with E-state index in [2.05, 4.69) is 41.5 Å². The van der Waals surface area contributed by atoms with Crippen molar-refractivity contribution in [1.82, 2.24) is 0 Å². The highest BCUT2D eigenvalue weighted by Gasteiger charge is 2.24. The first kappa shape index (κ1) is 54.0. The maximum atomic E-state index is 13.4. The van der Waals surface area contributed by atoms with Gasteiger partial charge in [0.2, 0.25) is 0 Å². The highest BCUT2D eigenvalue weighted by Crippen LogP contribution is 2.33. The SMILES string of the molecule is CCCCc1oc2ccc(N)cc2c1C(=O)c1ccc(OCCC(N)C(C)CC)cc1.CCCCc1oc2ccc(N)cc2c1C(=O)c1ccc(OCCC(N)C(C)CC)cc1.O=C(O)C(=O)O. The second-order valence-electron chi connectivity index (χ2n) is 17.2. The zero-order valence-corrected chi connectivity index (χ0v) is 40.3. The molecule has 2 heterocycles. The van der Waals surface area contributed by atoms with Crippen molar-refractivity contribution in [2.75, 3.05) is 24.7 Å². The molecule has 14 heteroatoms. The number of ketones is 2. The van der Waals surface area contributed by atoms with E-state index in [9.17, 15) is 9.59 Å². The molecule has 14 nitrogen and oxygen atoms in total. The van der Waals surface area contributed by atoms with Crippen molar-refractivity contribution in [2.45, 2.75) is 118 Å². The van der Waals surface area contributed by atoms with E-state index < -0.39 is 11.9 Å². The molecule has 0 aliphatic heterocycles. The average Bonchev–Trinajstić information content (AvgIpc) is 3.89. The Morgan fingerprint density at radius 3 is 1.22 bits per heavy atom. The molecular formula is C54H70N4O10. The molecule has 0 radical (unpaired) electrons. The fourth-order valence-electron chi connectivity index (χ4n) is 7.35. The largest absolute Gasteiger partial charge is 0.494 e. The van der Waals surface area contributed by atoms with Crippen molar-refractivity contribution in [3.05, 3.63) is 119 Å². The molecule has 0 amide bonds. The number of nitrogens with two attached hydrogens (primary N) is 4. The van der Waals surface area contributed by atoms with Crippen molar-refractivity contribution >= 4 is 56.8 Å². The van der Waals surface area contributed by atoms with Crippen LogP contribution in [0.1, 0.15) is 136 Å². The van der Waals surface area contributed by atoms with Crippen LogP contribution in [-0.4, -0.2) is 59.0 Å². The van der Waals surface area contributed by atoms with E-state index in [1.54, 1.807) is 36.4 Å². The van der Waals surface area contributed by atoms with Crippen molar-refractivity contribution < 1.29 is 47.7 Å². The molecule has 4 aromatic carbocycles. The van der Waals surface area contributed by atoms with Crippen LogP contribution in [0.3, 0.4) is 0 Å². The number of anilines is 2. The average molecular weight is 935 g/mol. The molecule has 68 heavy (non-hydrogen) atoms. The number of ether oxygens (including phenoxy) is 2. The molecule has 2 aromatic heterocycles. The molecule has 366 valence electrons. The number of carbonyl (C=O) groups is 4. The fourth-order valence-corrected chi connectivity index (χ4v) is 7.35. The predicted octanol–water partition coefficient (Wildman–Crippen LogP) is 10.6. The summed E-state index contributed by atoms with van der Waals surface area (Å²) < 4.78 is 23.7. The Bertz CT molecular complexity index is 2390. The molecule has 4 atom stereocenters. The fraction of sp³-hybridized carbons (Fsp3) is 0.407. The molecular weight excluding hydrogens is 865 g/mol. The molecule has 0 fully saturated rings. The Morgan fingerprint density at radius 1 is 0.559 bits per heavy atom. The van der Waals surface area contributed by atoms with Crippen molar-refractivity contribution in [3.63, 3.8) is 0 Å². The molecule has 4 unspecified atom stereocenters. The van der Waals surface area contributed by atoms with Gasteiger partial charge in [0.05, 0.1) is 24.3 Å². The summed E-state index contributed by atoms with van der Waals surface area (Å²) in [7, 11) is 0. The van der Waals surface area contributed by atoms with E-state index in [1.807, 2.05) is 48.5 Å². The second kappa shape index (κ2) is 26.6. The van der Waals surface area contributed by atoms with Crippen LogP contribution >= 0.6 is 0 Å². The molecule has 6 aromatic rings. The van der Waals surface area contributed by atoms with E-state index in [0.717, 1.165) is 98.0 Å². The Balaban J connectivity index is 0.000000265. The number of carbonyl (C=O) groups excluding carboxylic acids is 2. The van der Waals surface area contributed by atoms with Gasteiger partial charge in [-0.15, -0.1) is 0 Å². The molecule has 0 saturated heterocycles. The zero-order chi connectivity index (χ0) is 49.9. The summed E-state index contributed by atoms with van der Waals surface area (Å²) in [6.45, 7) is 14.0. The van der Waals surface area contributed by atoms with E-state index in [1.165, 1.54) is 0 Å². The van der Waals surface area contributed by atoms with Crippen molar-refractivity contribution in [2.24, 2.45) is 23.3 Å². The minimum absolute atomic E-state index is 0.0548. The quantitative estimate of drug-likeness (QED) is 0.0210. The van der Waals surface area contributed by atoms with E-state index in [0.29, 0.717) is 69.8 Å². The van der Waals surface area contributed by atoms with Gasteiger partial charge in [-0.3, -0.25) is 9.59 Å². The van der Waals surface area contributed by atoms with Gasteiger partial charge >= 0.3 is 11.9 Å². The van der Waals surface area contributed by atoms with Gasteiger partial charge in [-0.05, 0) is 122 Å². The van der Waals surface area contributed by atoms with Crippen molar-refractivity contribution in [1.29, 1.82) is 0 Å². The molecule has 0 spiro atoms. The van der Waals surface area contributed by atoms with Crippen LogP contribution in [0.2, 0.25) is 0 Å². The lowest BCUT2D eigenvalue weighted by molar-refractivity contribution is -0.159. The number of nitrogen functional groups attached to an aromatic ring is 2. The van der Waals surface area contributed by atoms with E-state index >= 15 is 0 Å². The first-order chi connectivity index (χ1) is 32.5. The molecule has 0 saturated carbocycles. The number of hydrogen-bond donors (Lipinski definition) is 6. The number of carboxylic acids is 2. The Hall–Kier alpha value is -6.64. The first-order valence-corrected chi connectivity index (χ1v) is 23.7. The summed E-state index contributed by atoms with van der Waals surface area (Å²) in [6.07, 6.45) is 9.16. The summed E-state index contributed by atoms with van der Waals surface area (Å²) in [5.41, 5.74) is 29.4. The van der Waals surface area contributed by atoms with Crippen LogP contribution in [0.25, 0.3) is 21.9 Å². The van der Waals surface area contributed by atoms with Crippen LogP contribution in [0.15, 0.2) is 93.8 Å². The normalized spacial score (nSPS) is 12.8. The Morgan fingerprint density at radius 2 is 0.912 bits per heavy atom. The minimum Gasteiger partial charge on any atom is -0.494 e. The second-order valence-corrected chi connectivity index (χ2v) is 17.2. The summed E-state index contributed by atoms with van der Waals surface area (Å²) in [5, 5.41) is 16.3. The molecule has 6 rings (SSSR count). The zero-order valence-electron chi connectivity index (χ0n) is 40.3. The van der Waals surface area contributed by atoms with Gasteiger partial charge in [0.15, 0.2) is 11.6 Å². The third-order valence-corrected chi connectivity index (χ3v) is 12.1. The number of hydrogen-bond acceptors (Lipinski definition) is 12. The lowest BCUT2D eigenvalue weighted by atomic mass is 9.97. The Labute approximate surface area is 399 Å². The number of unbranched alkanes of at least 4 members (excludes halogenated alkanes) is 2. The monoisotopic (exact) mass is 935 g/mol. The van der Waals surface area contributed by atoms with Crippen LogP contribution in [-0.2, 0) is 22.4 Å². The summed E-state index contributed by atoms with van der Waals surface area (Å²) >= 11 is 0.